The number of hydrogen-bond donors (Lipinski definition) is 1. The van der Waals surface area contributed by atoms with E-state index in [4.69, 9.17) is 4.74 Å². The van der Waals surface area contributed by atoms with Gasteiger partial charge in [-0.25, -0.2) is 14.8 Å². The van der Waals surface area contributed by atoms with Crippen LogP contribution in [-0.2, 0) is 24.0 Å². The smallest absolute Gasteiger partial charge is 0.433 e. The van der Waals surface area contributed by atoms with Crippen molar-refractivity contribution in [2.24, 2.45) is 0 Å². The summed E-state index contributed by atoms with van der Waals surface area (Å²) in [5, 5.41) is 10.1. The number of pyridine rings is 1. The van der Waals surface area contributed by atoms with Gasteiger partial charge in [-0.05, 0) is 26.0 Å². The molecule has 2 aromatic rings. The van der Waals surface area contributed by atoms with Crippen molar-refractivity contribution in [2.45, 2.75) is 44.8 Å². The summed E-state index contributed by atoms with van der Waals surface area (Å²) in [7, 11) is 0. The van der Waals surface area contributed by atoms with Crippen molar-refractivity contribution in [3.63, 3.8) is 0 Å². The van der Waals surface area contributed by atoms with Gasteiger partial charge in [-0.3, -0.25) is 9.88 Å². The molecular formula is C21H23F3N6O3. The molecule has 2 fully saturated rings. The molecule has 0 aromatic carbocycles. The number of ether oxygens (including phenoxy) is 1. The van der Waals surface area contributed by atoms with Crippen molar-refractivity contribution in [1.29, 1.82) is 0 Å². The fourth-order valence-corrected chi connectivity index (χ4v) is 4.39. The Kier molecular flexibility index (Phi) is 4.89. The largest absolute Gasteiger partial charge is 0.442 e. The highest BCUT2D eigenvalue weighted by Gasteiger charge is 2.41. The standard InChI is InChI=1S/C21H23F3N6O3/c1-12-26-16-9-29(8-15(16)18(27-12)30-10-20(2,32)11-30)19(31)33-14-6-28(7-14)13-3-4-25-17(5-13)21(22,23)24/h3-5,14,32H,6-11H2,1-2H3. The number of hydrogen-bond acceptors (Lipinski definition) is 8. The molecule has 2 aromatic heterocycles. The number of amides is 1. The Balaban J connectivity index is 1.19. The number of alkyl halides is 3. The van der Waals surface area contributed by atoms with Gasteiger partial charge in [0.1, 0.15) is 23.4 Å². The van der Waals surface area contributed by atoms with Gasteiger partial charge < -0.3 is 19.6 Å². The normalized spacial score (nSPS) is 19.8. The lowest BCUT2D eigenvalue weighted by atomic mass is 9.96. The molecule has 0 saturated carbocycles. The van der Waals surface area contributed by atoms with E-state index in [1.165, 1.54) is 11.0 Å². The van der Waals surface area contributed by atoms with E-state index < -0.39 is 29.7 Å². The molecule has 0 spiro atoms. The second-order valence-electron chi connectivity index (χ2n) is 9.04. The summed E-state index contributed by atoms with van der Waals surface area (Å²) in [5.74, 6) is 1.32. The number of aromatic nitrogens is 3. The molecular weight excluding hydrogens is 441 g/mol. The summed E-state index contributed by atoms with van der Waals surface area (Å²) < 4.78 is 44.2. The molecule has 176 valence electrons. The molecule has 1 N–H and O–H groups in total. The molecule has 3 aliphatic rings. The van der Waals surface area contributed by atoms with Crippen molar-refractivity contribution in [3.8, 4) is 0 Å². The Bertz CT molecular complexity index is 1100. The maximum atomic E-state index is 12.9. The average Bonchev–Trinajstić information content (AvgIpc) is 3.11. The van der Waals surface area contributed by atoms with Gasteiger partial charge in [0.05, 0.1) is 37.5 Å². The number of carbonyl (C=O) groups is 1. The molecule has 0 unspecified atom stereocenters. The van der Waals surface area contributed by atoms with E-state index in [-0.39, 0.29) is 0 Å². The minimum Gasteiger partial charge on any atom is -0.442 e. The van der Waals surface area contributed by atoms with Crippen LogP contribution in [0.4, 0.5) is 29.5 Å². The summed E-state index contributed by atoms with van der Waals surface area (Å²) in [6, 6.07) is 2.49. The van der Waals surface area contributed by atoms with E-state index in [9.17, 15) is 23.1 Å². The molecule has 9 nitrogen and oxygen atoms in total. The first-order chi connectivity index (χ1) is 15.5. The molecule has 3 aliphatic heterocycles. The zero-order chi connectivity index (χ0) is 23.5. The van der Waals surface area contributed by atoms with Crippen LogP contribution in [0.1, 0.15) is 29.7 Å². The van der Waals surface area contributed by atoms with Crippen LogP contribution in [0.15, 0.2) is 18.3 Å². The molecule has 0 aliphatic carbocycles. The van der Waals surface area contributed by atoms with Crippen molar-refractivity contribution < 1.29 is 27.8 Å². The van der Waals surface area contributed by atoms with Crippen LogP contribution in [0.2, 0.25) is 0 Å². The van der Waals surface area contributed by atoms with Crippen LogP contribution < -0.4 is 9.80 Å². The van der Waals surface area contributed by atoms with Crippen LogP contribution in [0.3, 0.4) is 0 Å². The predicted molar refractivity (Wildman–Crippen MR) is 111 cm³/mol. The van der Waals surface area contributed by atoms with E-state index in [0.29, 0.717) is 50.8 Å². The Morgan fingerprint density at radius 2 is 1.94 bits per heavy atom. The maximum Gasteiger partial charge on any atom is 0.433 e. The van der Waals surface area contributed by atoms with E-state index in [1.807, 2.05) is 4.90 Å². The summed E-state index contributed by atoms with van der Waals surface area (Å²) >= 11 is 0. The molecule has 0 radical (unpaired) electrons. The van der Waals surface area contributed by atoms with Gasteiger partial charge in [-0.2, -0.15) is 13.2 Å². The number of aliphatic hydroxyl groups is 1. The first-order valence-corrected chi connectivity index (χ1v) is 10.6. The predicted octanol–water partition coefficient (Wildman–Crippen LogP) is 2.11. The second-order valence-corrected chi connectivity index (χ2v) is 9.04. The van der Waals surface area contributed by atoms with Crippen molar-refractivity contribution in [1.82, 2.24) is 19.9 Å². The minimum absolute atomic E-state index is 0.296. The van der Waals surface area contributed by atoms with Crippen LogP contribution in [-0.4, -0.2) is 68.9 Å². The lowest BCUT2D eigenvalue weighted by Gasteiger charge is -2.45. The van der Waals surface area contributed by atoms with Crippen LogP contribution in [0.25, 0.3) is 0 Å². The molecule has 5 heterocycles. The number of carbonyl (C=O) groups excluding carboxylic acids is 1. The topological polar surface area (TPSA) is 94.9 Å². The van der Waals surface area contributed by atoms with Crippen LogP contribution >= 0.6 is 0 Å². The number of aryl methyl sites for hydroxylation is 1. The fourth-order valence-electron chi connectivity index (χ4n) is 4.39. The molecule has 12 heteroatoms. The summed E-state index contributed by atoms with van der Waals surface area (Å²) in [6.07, 6.45) is -4.30. The highest BCUT2D eigenvalue weighted by Crippen LogP contribution is 2.35. The zero-order valence-corrected chi connectivity index (χ0v) is 18.1. The molecule has 5 rings (SSSR count). The first-order valence-electron chi connectivity index (χ1n) is 10.6. The number of halogens is 3. The Hall–Kier alpha value is -3.15. The van der Waals surface area contributed by atoms with Gasteiger partial charge in [-0.15, -0.1) is 0 Å². The minimum atomic E-state index is -4.51. The third kappa shape index (κ3) is 4.14. The van der Waals surface area contributed by atoms with Crippen molar-refractivity contribution in [3.05, 3.63) is 41.1 Å². The Morgan fingerprint density at radius 3 is 2.61 bits per heavy atom. The highest BCUT2D eigenvalue weighted by molar-refractivity contribution is 5.70. The van der Waals surface area contributed by atoms with E-state index in [2.05, 4.69) is 15.0 Å². The molecule has 1 amide bonds. The highest BCUT2D eigenvalue weighted by atomic mass is 19.4. The lowest BCUT2D eigenvalue weighted by Crippen LogP contribution is -2.60. The lowest BCUT2D eigenvalue weighted by molar-refractivity contribution is -0.141. The van der Waals surface area contributed by atoms with Crippen LogP contribution in [0, 0.1) is 6.92 Å². The van der Waals surface area contributed by atoms with Crippen molar-refractivity contribution >= 4 is 17.6 Å². The molecule has 33 heavy (non-hydrogen) atoms. The van der Waals surface area contributed by atoms with E-state index >= 15 is 0 Å². The third-order valence-corrected chi connectivity index (χ3v) is 6.01. The van der Waals surface area contributed by atoms with Gasteiger partial charge in [0.2, 0.25) is 0 Å². The second kappa shape index (κ2) is 7.44. The van der Waals surface area contributed by atoms with Crippen molar-refractivity contribution in [2.75, 3.05) is 36.0 Å². The monoisotopic (exact) mass is 464 g/mol. The Labute approximate surface area is 187 Å². The number of anilines is 2. The van der Waals surface area contributed by atoms with Gasteiger partial charge >= 0.3 is 12.3 Å². The summed E-state index contributed by atoms with van der Waals surface area (Å²) in [4.78, 5) is 30.3. The zero-order valence-electron chi connectivity index (χ0n) is 18.1. The van der Waals surface area contributed by atoms with Crippen LogP contribution in [0.5, 0.6) is 0 Å². The molecule has 2 saturated heterocycles. The van der Waals surface area contributed by atoms with Gasteiger partial charge in [-0.1, -0.05) is 0 Å². The number of nitrogens with zero attached hydrogens (tertiary/aromatic N) is 6. The van der Waals surface area contributed by atoms with Gasteiger partial charge in [0.15, 0.2) is 0 Å². The SMILES string of the molecule is Cc1nc2c(c(N3CC(C)(O)C3)n1)CN(C(=O)OC1CN(c3ccnc(C(F)(F)F)c3)C1)C2. The first kappa shape index (κ1) is 21.7. The van der Waals surface area contributed by atoms with E-state index in [1.54, 1.807) is 18.7 Å². The molecule has 0 atom stereocenters. The molecule has 0 bridgehead atoms. The summed E-state index contributed by atoms with van der Waals surface area (Å²) in [5.41, 5.74) is 0.284. The quantitative estimate of drug-likeness (QED) is 0.738. The Morgan fingerprint density at radius 1 is 1.21 bits per heavy atom. The summed E-state index contributed by atoms with van der Waals surface area (Å²) in [6.45, 7) is 5.69. The number of rotatable bonds is 3. The van der Waals surface area contributed by atoms with E-state index in [0.717, 1.165) is 29.3 Å². The van der Waals surface area contributed by atoms with Gasteiger partial charge in [0, 0.05) is 30.5 Å². The third-order valence-electron chi connectivity index (χ3n) is 6.01. The maximum absolute atomic E-state index is 12.9. The number of fused-ring (bicyclic) bond motifs is 1. The number of β-amino-alcohol motifs (C(OH)–C–C–N with tert-alkyl or cyclic N) is 1. The fraction of sp³-hybridized carbons (Fsp3) is 0.524. The van der Waals surface area contributed by atoms with Gasteiger partial charge in [0.25, 0.3) is 0 Å². The average molecular weight is 464 g/mol.